The lowest BCUT2D eigenvalue weighted by Crippen LogP contribution is -2.40. The van der Waals surface area contributed by atoms with Crippen LogP contribution in [0, 0.1) is 0 Å². The van der Waals surface area contributed by atoms with Crippen LogP contribution in [-0.4, -0.2) is 17.5 Å². The highest BCUT2D eigenvalue weighted by Crippen LogP contribution is 2.37. The molecule has 0 radical (unpaired) electrons. The van der Waals surface area contributed by atoms with E-state index in [1.807, 2.05) is 11.8 Å². The van der Waals surface area contributed by atoms with E-state index in [2.05, 4.69) is 41.5 Å². The van der Waals surface area contributed by atoms with Gasteiger partial charge in [0.25, 0.3) is 0 Å². The van der Waals surface area contributed by atoms with Gasteiger partial charge in [-0.2, -0.15) is 0 Å². The molecule has 1 aliphatic heterocycles. The van der Waals surface area contributed by atoms with Crippen molar-refractivity contribution in [1.82, 2.24) is 5.32 Å². The van der Waals surface area contributed by atoms with Gasteiger partial charge in [-0.3, -0.25) is 4.99 Å². The van der Waals surface area contributed by atoms with Gasteiger partial charge < -0.3 is 5.32 Å². The lowest BCUT2D eigenvalue weighted by Gasteiger charge is -2.27. The van der Waals surface area contributed by atoms with Crippen LogP contribution in [0.15, 0.2) is 29.3 Å². The van der Waals surface area contributed by atoms with Crippen LogP contribution in [0.4, 0.5) is 0 Å². The molecule has 1 N–H and O–H groups in total. The number of hydrogen-bond acceptors (Lipinski definition) is 3. The van der Waals surface area contributed by atoms with Crippen LogP contribution in [0.3, 0.4) is 0 Å². The first-order valence-corrected chi connectivity index (χ1v) is 6.80. The molecular formula is C13H16N2S. The van der Waals surface area contributed by atoms with Crippen molar-refractivity contribution in [2.45, 2.75) is 25.3 Å². The molecule has 0 spiro atoms. The topological polar surface area (TPSA) is 24.4 Å². The Hall–Kier alpha value is -0.960. The van der Waals surface area contributed by atoms with Gasteiger partial charge in [-0.15, -0.1) is 0 Å². The molecule has 0 amide bonds. The third kappa shape index (κ3) is 1.63. The lowest BCUT2D eigenvalue weighted by atomic mass is 9.94. The summed E-state index contributed by atoms with van der Waals surface area (Å²) in [6.45, 7) is 3.25. The quantitative estimate of drug-likeness (QED) is 0.804. The summed E-state index contributed by atoms with van der Waals surface area (Å²) in [5.74, 6) is 1.13. The summed E-state index contributed by atoms with van der Waals surface area (Å²) < 4.78 is 0. The maximum Gasteiger partial charge on any atom is 0.157 e. The molecule has 1 atom stereocenters. The Balaban J connectivity index is 1.89. The molecule has 1 unspecified atom stereocenters. The number of fused-ring (bicyclic) bond motifs is 1. The van der Waals surface area contributed by atoms with Crippen LogP contribution in [-0.2, 0) is 12.0 Å². The van der Waals surface area contributed by atoms with E-state index in [1.165, 1.54) is 24.0 Å². The molecule has 1 aromatic carbocycles. The minimum absolute atomic E-state index is 0.0900. The van der Waals surface area contributed by atoms with Crippen molar-refractivity contribution in [2.24, 2.45) is 4.99 Å². The highest BCUT2D eigenvalue weighted by atomic mass is 32.2. The number of aliphatic imine (C=N–C) groups is 1. The fourth-order valence-electron chi connectivity index (χ4n) is 2.57. The number of nitrogens with one attached hydrogen (secondary N) is 1. The molecule has 84 valence electrons. The summed E-state index contributed by atoms with van der Waals surface area (Å²) in [7, 11) is 0. The summed E-state index contributed by atoms with van der Waals surface area (Å²) >= 11 is 1.84. The molecule has 2 nitrogen and oxygen atoms in total. The molecule has 0 fully saturated rings. The Kier molecular flexibility index (Phi) is 2.43. The van der Waals surface area contributed by atoms with Crippen LogP contribution in [0.25, 0.3) is 0 Å². The van der Waals surface area contributed by atoms with E-state index in [9.17, 15) is 0 Å². The van der Waals surface area contributed by atoms with Gasteiger partial charge in [0.15, 0.2) is 5.17 Å². The van der Waals surface area contributed by atoms with Gasteiger partial charge in [0.2, 0.25) is 0 Å². The van der Waals surface area contributed by atoms with Gasteiger partial charge in [0, 0.05) is 5.75 Å². The highest BCUT2D eigenvalue weighted by molar-refractivity contribution is 8.14. The van der Waals surface area contributed by atoms with Gasteiger partial charge in [-0.1, -0.05) is 36.0 Å². The van der Waals surface area contributed by atoms with E-state index in [0.717, 1.165) is 17.5 Å². The molecule has 3 rings (SSSR count). The Morgan fingerprint density at radius 3 is 3.06 bits per heavy atom. The van der Waals surface area contributed by atoms with Crippen molar-refractivity contribution in [3.8, 4) is 0 Å². The number of aryl methyl sites for hydroxylation is 1. The fourth-order valence-corrected chi connectivity index (χ4v) is 3.43. The summed E-state index contributed by atoms with van der Waals surface area (Å²) in [6, 6.07) is 8.75. The standard InChI is InChI=1S/C13H16N2S/c1-13(15-12-14-8-9-16-12)7-6-10-4-2-3-5-11(10)13/h2-5H,6-9H2,1H3,(H,14,15). The Morgan fingerprint density at radius 2 is 2.25 bits per heavy atom. The Morgan fingerprint density at radius 1 is 1.38 bits per heavy atom. The van der Waals surface area contributed by atoms with E-state index in [1.54, 1.807) is 0 Å². The van der Waals surface area contributed by atoms with Crippen LogP contribution < -0.4 is 5.32 Å². The number of hydrogen-bond donors (Lipinski definition) is 1. The maximum atomic E-state index is 4.49. The molecule has 3 heteroatoms. The van der Waals surface area contributed by atoms with Crippen LogP contribution in [0.5, 0.6) is 0 Å². The molecule has 1 aromatic rings. The summed E-state index contributed by atoms with van der Waals surface area (Å²) in [6.07, 6.45) is 2.35. The van der Waals surface area contributed by atoms with E-state index >= 15 is 0 Å². The number of benzene rings is 1. The minimum Gasteiger partial charge on any atom is -0.356 e. The van der Waals surface area contributed by atoms with E-state index in [4.69, 9.17) is 0 Å². The number of nitrogens with zero attached hydrogens (tertiary/aromatic N) is 1. The van der Waals surface area contributed by atoms with Crippen molar-refractivity contribution in [1.29, 1.82) is 0 Å². The van der Waals surface area contributed by atoms with Crippen molar-refractivity contribution in [3.05, 3.63) is 35.4 Å². The molecule has 1 aliphatic carbocycles. The predicted molar refractivity (Wildman–Crippen MR) is 70.0 cm³/mol. The van der Waals surface area contributed by atoms with Crippen molar-refractivity contribution in [3.63, 3.8) is 0 Å². The molecule has 2 aliphatic rings. The molecule has 0 bridgehead atoms. The average molecular weight is 232 g/mol. The maximum absolute atomic E-state index is 4.49. The molecule has 1 heterocycles. The van der Waals surface area contributed by atoms with E-state index in [0.29, 0.717) is 0 Å². The fraction of sp³-hybridized carbons (Fsp3) is 0.462. The molecule has 0 saturated heterocycles. The number of thioether (sulfide) groups is 1. The number of rotatable bonds is 1. The zero-order valence-corrected chi connectivity index (χ0v) is 10.3. The van der Waals surface area contributed by atoms with E-state index < -0.39 is 0 Å². The van der Waals surface area contributed by atoms with Gasteiger partial charge in [0.1, 0.15) is 0 Å². The Bertz CT molecular complexity index is 441. The normalized spacial score (nSPS) is 27.7. The monoisotopic (exact) mass is 232 g/mol. The van der Waals surface area contributed by atoms with Crippen molar-refractivity contribution < 1.29 is 0 Å². The van der Waals surface area contributed by atoms with Crippen LogP contribution in [0.2, 0.25) is 0 Å². The predicted octanol–water partition coefficient (Wildman–Crippen LogP) is 2.54. The van der Waals surface area contributed by atoms with Crippen molar-refractivity contribution >= 4 is 16.9 Å². The van der Waals surface area contributed by atoms with Gasteiger partial charge in [-0.05, 0) is 30.9 Å². The first-order chi connectivity index (χ1) is 7.78. The van der Waals surface area contributed by atoms with Gasteiger partial charge in [0.05, 0.1) is 12.1 Å². The average Bonchev–Trinajstić information content (AvgIpc) is 2.89. The largest absolute Gasteiger partial charge is 0.356 e. The minimum atomic E-state index is 0.0900. The second-order valence-corrected chi connectivity index (χ2v) is 5.73. The van der Waals surface area contributed by atoms with Gasteiger partial charge >= 0.3 is 0 Å². The zero-order valence-electron chi connectivity index (χ0n) is 9.49. The first kappa shape index (κ1) is 10.2. The summed E-state index contributed by atoms with van der Waals surface area (Å²) in [5, 5.41) is 4.75. The zero-order chi connectivity index (χ0) is 11.0. The second kappa shape index (κ2) is 3.81. The Labute approximate surface area is 101 Å². The molecule has 0 saturated carbocycles. The summed E-state index contributed by atoms with van der Waals surface area (Å²) in [4.78, 5) is 4.49. The van der Waals surface area contributed by atoms with Crippen LogP contribution in [0.1, 0.15) is 24.5 Å². The smallest absolute Gasteiger partial charge is 0.157 e. The molecule has 0 aromatic heterocycles. The second-order valence-electron chi connectivity index (χ2n) is 4.65. The van der Waals surface area contributed by atoms with Crippen molar-refractivity contribution in [2.75, 3.05) is 12.3 Å². The molecule has 16 heavy (non-hydrogen) atoms. The first-order valence-electron chi connectivity index (χ1n) is 5.82. The van der Waals surface area contributed by atoms with Crippen LogP contribution >= 0.6 is 11.8 Å². The lowest BCUT2D eigenvalue weighted by molar-refractivity contribution is 0.437. The van der Waals surface area contributed by atoms with E-state index in [-0.39, 0.29) is 5.54 Å². The molecular weight excluding hydrogens is 216 g/mol. The highest BCUT2D eigenvalue weighted by Gasteiger charge is 2.35. The SMILES string of the molecule is CC1(NC2=NCCS2)CCc2ccccc21. The third-order valence-corrected chi connectivity index (χ3v) is 4.37. The number of amidine groups is 1. The third-order valence-electron chi connectivity index (χ3n) is 3.47. The summed E-state index contributed by atoms with van der Waals surface area (Å²) in [5.41, 5.74) is 3.03. The van der Waals surface area contributed by atoms with Gasteiger partial charge in [-0.25, -0.2) is 0 Å².